The van der Waals surface area contributed by atoms with E-state index < -0.39 is 0 Å². The van der Waals surface area contributed by atoms with E-state index in [0.29, 0.717) is 0 Å². The molecule has 1 aliphatic heterocycles. The van der Waals surface area contributed by atoms with Crippen LogP contribution in [0.1, 0.15) is 33.3 Å². The number of nitrogens with zero attached hydrogens (tertiary/aromatic N) is 1. The van der Waals surface area contributed by atoms with Crippen molar-refractivity contribution >= 4 is 13.2 Å². The molecule has 1 saturated heterocycles. The van der Waals surface area contributed by atoms with E-state index in [9.17, 15) is 0 Å². The van der Waals surface area contributed by atoms with E-state index in [1.807, 2.05) is 19.2 Å². The Morgan fingerprint density at radius 3 is 2.25 bits per heavy atom. The van der Waals surface area contributed by atoms with Crippen molar-refractivity contribution in [3.05, 3.63) is 35.6 Å². The predicted molar refractivity (Wildman–Crippen MR) is 82.2 cm³/mol. The summed E-state index contributed by atoms with van der Waals surface area (Å²) in [6.07, 6.45) is 5.67. The average Bonchev–Trinajstić information content (AvgIpc) is 2.59. The van der Waals surface area contributed by atoms with Gasteiger partial charge >= 0.3 is 7.12 Å². The van der Waals surface area contributed by atoms with Gasteiger partial charge < -0.3 is 14.6 Å². The highest BCUT2D eigenvalue weighted by Gasteiger charge is 2.52. The molecule has 0 aliphatic carbocycles. The maximum atomic E-state index is 6.10. The molecule has 1 fully saturated rings. The molecular weight excluding hydrogens is 251 g/mol. The molecule has 1 N–H and O–H groups in total. The summed E-state index contributed by atoms with van der Waals surface area (Å²) in [6.45, 7) is 8.98. The fourth-order valence-electron chi connectivity index (χ4n) is 2.07. The van der Waals surface area contributed by atoms with Crippen molar-refractivity contribution < 1.29 is 9.31 Å². The topological polar surface area (TPSA) is 43.4 Å². The third-order valence-electron chi connectivity index (χ3n) is 4.00. The lowest BCUT2D eigenvalue weighted by molar-refractivity contribution is 0.00578. The molecule has 1 aromatic heterocycles. The lowest BCUT2D eigenvalue weighted by Gasteiger charge is -2.32. The number of hydrogen-bond donors (Lipinski definition) is 1. The van der Waals surface area contributed by atoms with Crippen LogP contribution >= 0.6 is 0 Å². The van der Waals surface area contributed by atoms with Gasteiger partial charge in [0.05, 0.1) is 11.2 Å². The Hall–Kier alpha value is -1.17. The Morgan fingerprint density at radius 2 is 1.75 bits per heavy atom. The minimum atomic E-state index is -0.319. The summed E-state index contributed by atoms with van der Waals surface area (Å²) < 4.78 is 12.2. The second-order valence-electron chi connectivity index (χ2n) is 6.12. The lowest BCUT2D eigenvalue weighted by Crippen LogP contribution is -2.41. The number of rotatable bonds is 4. The number of nitrogens with one attached hydrogen (secondary N) is 1. The van der Waals surface area contributed by atoms with E-state index in [-0.39, 0.29) is 18.3 Å². The van der Waals surface area contributed by atoms with Gasteiger partial charge in [0.15, 0.2) is 0 Å². The largest absolute Gasteiger partial charge is 0.491 e. The lowest BCUT2D eigenvalue weighted by atomic mass is 9.77. The summed E-state index contributed by atoms with van der Waals surface area (Å²) in [5, 5.41) is 3.18. The number of aromatic nitrogens is 1. The van der Waals surface area contributed by atoms with Crippen LogP contribution in [0, 0.1) is 0 Å². The molecule has 0 bridgehead atoms. The van der Waals surface area contributed by atoms with Crippen molar-refractivity contribution in [3.8, 4) is 0 Å². The van der Waals surface area contributed by atoms with Crippen molar-refractivity contribution in [2.24, 2.45) is 0 Å². The van der Waals surface area contributed by atoms with E-state index in [4.69, 9.17) is 9.31 Å². The number of hydrogen-bond acceptors (Lipinski definition) is 4. The van der Waals surface area contributed by atoms with Crippen LogP contribution in [-0.4, -0.2) is 36.9 Å². The Morgan fingerprint density at radius 1 is 1.20 bits per heavy atom. The zero-order valence-corrected chi connectivity index (χ0v) is 12.9. The van der Waals surface area contributed by atoms with Gasteiger partial charge in [-0.05, 0) is 57.9 Å². The van der Waals surface area contributed by atoms with Crippen molar-refractivity contribution in [2.45, 2.75) is 38.9 Å². The summed E-state index contributed by atoms with van der Waals surface area (Å²) in [6, 6.07) is 3.95. The van der Waals surface area contributed by atoms with E-state index in [1.165, 1.54) is 0 Å². The van der Waals surface area contributed by atoms with Gasteiger partial charge in [0, 0.05) is 18.9 Å². The van der Waals surface area contributed by atoms with Gasteiger partial charge in [0.1, 0.15) is 0 Å². The average molecular weight is 274 g/mol. The molecule has 1 aromatic rings. The van der Waals surface area contributed by atoms with Gasteiger partial charge in [0.2, 0.25) is 0 Å². The third kappa shape index (κ3) is 3.11. The second kappa shape index (κ2) is 5.68. The van der Waals surface area contributed by atoms with E-state index in [2.05, 4.69) is 44.1 Å². The standard InChI is InChI=1S/C15H23BN2O2/c1-14(2)15(3,4)20-16(19-14)13(11-17-5)10-12-6-8-18-9-7-12/h6-10,17H,11H2,1-5H3. The molecule has 108 valence electrons. The minimum Gasteiger partial charge on any atom is -0.400 e. The Labute approximate surface area is 121 Å². The minimum absolute atomic E-state index is 0.317. The number of likely N-dealkylation sites (N-methyl/N-ethyl adjacent to an activating group) is 1. The summed E-state index contributed by atoms with van der Waals surface area (Å²) in [5.74, 6) is 0. The molecule has 0 atom stereocenters. The molecule has 2 rings (SSSR count). The van der Waals surface area contributed by atoms with Crippen LogP contribution in [-0.2, 0) is 9.31 Å². The quantitative estimate of drug-likeness (QED) is 0.856. The molecule has 1 aliphatic rings. The van der Waals surface area contributed by atoms with Gasteiger partial charge in [-0.15, -0.1) is 0 Å². The van der Waals surface area contributed by atoms with Crippen LogP contribution < -0.4 is 5.32 Å². The molecule has 5 heteroatoms. The van der Waals surface area contributed by atoms with E-state index in [1.54, 1.807) is 12.4 Å². The molecule has 0 spiro atoms. The van der Waals surface area contributed by atoms with E-state index in [0.717, 1.165) is 17.6 Å². The van der Waals surface area contributed by atoms with E-state index >= 15 is 0 Å². The van der Waals surface area contributed by atoms with Crippen molar-refractivity contribution in [3.63, 3.8) is 0 Å². The third-order valence-corrected chi connectivity index (χ3v) is 4.00. The van der Waals surface area contributed by atoms with Crippen LogP contribution in [0.2, 0.25) is 0 Å². The maximum absolute atomic E-state index is 6.10. The van der Waals surface area contributed by atoms with Crippen LogP contribution in [0.4, 0.5) is 0 Å². The van der Waals surface area contributed by atoms with Crippen LogP contribution in [0.15, 0.2) is 30.0 Å². The Kier molecular flexibility index (Phi) is 4.32. The SMILES string of the molecule is CNCC(=Cc1ccncc1)B1OC(C)(C)C(C)(C)O1. The first-order chi connectivity index (χ1) is 9.36. The van der Waals surface area contributed by atoms with Crippen LogP contribution in [0.5, 0.6) is 0 Å². The van der Waals surface area contributed by atoms with Gasteiger partial charge in [-0.1, -0.05) is 6.08 Å². The normalized spacial score (nSPS) is 21.2. The van der Waals surface area contributed by atoms with Crippen molar-refractivity contribution in [2.75, 3.05) is 13.6 Å². The van der Waals surface area contributed by atoms with Crippen molar-refractivity contribution in [1.29, 1.82) is 0 Å². The molecule has 20 heavy (non-hydrogen) atoms. The molecular formula is C15H23BN2O2. The molecule has 0 aromatic carbocycles. The molecule has 2 heterocycles. The summed E-state index contributed by atoms with van der Waals surface area (Å²) >= 11 is 0. The van der Waals surface area contributed by atoms with Gasteiger partial charge in [-0.2, -0.15) is 0 Å². The smallest absolute Gasteiger partial charge is 0.400 e. The molecule has 0 amide bonds. The van der Waals surface area contributed by atoms with Crippen LogP contribution in [0.25, 0.3) is 6.08 Å². The molecule has 0 radical (unpaired) electrons. The molecule has 4 nitrogen and oxygen atoms in total. The second-order valence-corrected chi connectivity index (χ2v) is 6.12. The highest BCUT2D eigenvalue weighted by molar-refractivity contribution is 6.55. The fourth-order valence-corrected chi connectivity index (χ4v) is 2.07. The number of pyridine rings is 1. The molecule has 0 unspecified atom stereocenters. The first-order valence-corrected chi connectivity index (χ1v) is 6.96. The van der Waals surface area contributed by atoms with Crippen LogP contribution in [0.3, 0.4) is 0 Å². The first-order valence-electron chi connectivity index (χ1n) is 6.96. The zero-order chi connectivity index (χ0) is 14.8. The predicted octanol–water partition coefficient (Wildman–Crippen LogP) is 2.32. The maximum Gasteiger partial charge on any atom is 0.491 e. The highest BCUT2D eigenvalue weighted by atomic mass is 16.7. The Balaban J connectivity index is 2.25. The first kappa shape index (κ1) is 15.2. The summed E-state index contributed by atoms with van der Waals surface area (Å²) in [7, 11) is 1.60. The highest BCUT2D eigenvalue weighted by Crippen LogP contribution is 2.38. The van der Waals surface area contributed by atoms with Gasteiger partial charge in [-0.3, -0.25) is 4.98 Å². The molecule has 0 saturated carbocycles. The summed E-state index contributed by atoms with van der Waals surface area (Å²) in [4.78, 5) is 4.03. The van der Waals surface area contributed by atoms with Gasteiger partial charge in [-0.25, -0.2) is 0 Å². The van der Waals surface area contributed by atoms with Gasteiger partial charge in [0.25, 0.3) is 0 Å². The Bertz CT molecular complexity index is 470. The monoisotopic (exact) mass is 274 g/mol. The zero-order valence-electron chi connectivity index (χ0n) is 12.9. The van der Waals surface area contributed by atoms with Crippen molar-refractivity contribution in [1.82, 2.24) is 10.3 Å². The fraction of sp³-hybridized carbons (Fsp3) is 0.533. The summed E-state index contributed by atoms with van der Waals surface area (Å²) in [5.41, 5.74) is 1.54.